The molecule has 0 amide bonds. The van der Waals surface area contributed by atoms with E-state index in [0.29, 0.717) is 29.5 Å². The molecule has 0 N–H and O–H groups in total. The van der Waals surface area contributed by atoms with Gasteiger partial charge in [0, 0.05) is 0 Å². The zero-order valence-electron chi connectivity index (χ0n) is 16.7. The Hall–Kier alpha value is -1.77. The second kappa shape index (κ2) is 8.31. The van der Waals surface area contributed by atoms with Crippen molar-refractivity contribution in [1.29, 1.82) is 0 Å². The van der Waals surface area contributed by atoms with Crippen LogP contribution in [0.5, 0.6) is 5.75 Å². The van der Waals surface area contributed by atoms with Gasteiger partial charge in [-0.3, -0.25) is 0 Å². The van der Waals surface area contributed by atoms with E-state index in [4.69, 9.17) is 4.74 Å². The summed E-state index contributed by atoms with van der Waals surface area (Å²) >= 11 is 0.722. The number of nitrogens with zero attached hydrogens (tertiary/aromatic N) is 2. The third kappa shape index (κ3) is 3.60. The molecule has 144 valence electrons. The summed E-state index contributed by atoms with van der Waals surface area (Å²) in [6.07, 6.45) is 4.78. The van der Waals surface area contributed by atoms with Gasteiger partial charge in [-0.25, -0.2) is 0 Å². The number of anilines is 1. The van der Waals surface area contributed by atoms with Gasteiger partial charge in [-0.05, 0) is 0 Å². The quantitative estimate of drug-likeness (QED) is 0.393. The Bertz CT molecular complexity index is 1080. The van der Waals surface area contributed by atoms with Crippen molar-refractivity contribution in [3.05, 3.63) is 63.3 Å². The predicted octanol–water partition coefficient (Wildman–Crippen LogP) is 3.33. The molecule has 0 atom stereocenters. The first-order valence-electron chi connectivity index (χ1n) is 9.59. The molecule has 0 spiro atoms. The number of methoxy groups -OCH3 is 1. The predicted molar refractivity (Wildman–Crippen MR) is 120 cm³/mol. The van der Waals surface area contributed by atoms with Gasteiger partial charge in [0.15, 0.2) is 0 Å². The summed E-state index contributed by atoms with van der Waals surface area (Å²) in [5.74, 6) is 0.932. The van der Waals surface area contributed by atoms with Crippen molar-refractivity contribution in [2.75, 3.05) is 18.6 Å². The fraction of sp³-hybridized carbons (Fsp3) is 0.261. The molecule has 0 saturated carbocycles. The molecule has 1 aliphatic rings. The van der Waals surface area contributed by atoms with E-state index in [1.165, 1.54) is 34.7 Å². The number of aryl methyl sites for hydroxylation is 1. The molecule has 0 saturated heterocycles. The van der Waals surface area contributed by atoms with Crippen molar-refractivity contribution in [3.8, 4) is 5.75 Å². The molecule has 0 fully saturated rings. The first-order valence-corrected chi connectivity index (χ1v) is 13.0. The van der Waals surface area contributed by atoms with E-state index in [9.17, 15) is 0 Å². The van der Waals surface area contributed by atoms with Crippen LogP contribution in [0.25, 0.3) is 15.9 Å². The first kappa shape index (κ1) is 19.5. The second-order valence-electron chi connectivity index (χ2n) is 6.70. The first-order chi connectivity index (χ1) is 13.6. The molecule has 0 unspecified atom stereocenters. The van der Waals surface area contributed by atoms with Crippen LogP contribution in [0.3, 0.4) is 0 Å². The number of hydrogen-bond donors (Lipinski definition) is 0. The van der Waals surface area contributed by atoms with Gasteiger partial charge in [-0.1, -0.05) is 0 Å². The van der Waals surface area contributed by atoms with Gasteiger partial charge in [0.2, 0.25) is 0 Å². The van der Waals surface area contributed by atoms with Gasteiger partial charge in [-0.15, -0.1) is 0 Å². The fourth-order valence-corrected chi connectivity index (χ4v) is 8.71. The molecule has 0 radical (unpaired) electrons. The van der Waals surface area contributed by atoms with E-state index >= 15 is 0 Å². The standard InChI is InChI=1S/C23H25N2OSe2/c1-5-24-18-9-7-8-10-20(18)27-22(24)13-16(3)14-23-25(6-2)19-15-17(26-4)11-12-21(19)28-23/h7-15H,5-6H2,1-4H3/q+1. The van der Waals surface area contributed by atoms with Crippen LogP contribution in [0, 0.1) is 0 Å². The normalized spacial score (nSPS) is 15.5. The number of para-hydroxylation sites is 1. The van der Waals surface area contributed by atoms with Crippen molar-refractivity contribution >= 4 is 55.5 Å². The zero-order valence-corrected chi connectivity index (χ0v) is 20.2. The summed E-state index contributed by atoms with van der Waals surface area (Å²) in [6.45, 7) is 8.70. The van der Waals surface area contributed by atoms with Crippen LogP contribution >= 0.6 is 0 Å². The molecule has 1 aliphatic heterocycles. The maximum absolute atomic E-state index is 5.43. The van der Waals surface area contributed by atoms with Gasteiger partial charge >= 0.3 is 180 Å². The van der Waals surface area contributed by atoms with Crippen molar-refractivity contribution in [2.45, 2.75) is 27.3 Å². The van der Waals surface area contributed by atoms with Gasteiger partial charge in [0.05, 0.1) is 0 Å². The average molecular weight is 503 g/mol. The molecule has 2 heterocycles. The Labute approximate surface area is 179 Å². The summed E-state index contributed by atoms with van der Waals surface area (Å²) in [7, 11) is 1.74. The molecule has 1 aromatic heterocycles. The molecule has 28 heavy (non-hydrogen) atoms. The minimum atomic E-state index is 0.339. The number of ether oxygens (including phenoxy) is 1. The summed E-state index contributed by atoms with van der Waals surface area (Å²) < 4.78 is 13.7. The molecule has 3 aromatic rings. The third-order valence-electron chi connectivity index (χ3n) is 4.91. The number of hydrogen-bond acceptors (Lipinski definition) is 2. The van der Waals surface area contributed by atoms with E-state index in [-0.39, 0.29) is 0 Å². The van der Waals surface area contributed by atoms with Gasteiger partial charge < -0.3 is 0 Å². The van der Waals surface area contributed by atoms with Crippen molar-refractivity contribution in [1.82, 2.24) is 0 Å². The number of fused-ring (bicyclic) bond motifs is 2. The minimum absolute atomic E-state index is 0.339. The van der Waals surface area contributed by atoms with E-state index in [2.05, 4.69) is 84.9 Å². The second-order valence-corrected chi connectivity index (χ2v) is 11.2. The van der Waals surface area contributed by atoms with Crippen LogP contribution in [0.1, 0.15) is 25.3 Å². The van der Waals surface area contributed by atoms with Crippen LogP contribution in [0.4, 0.5) is 5.69 Å². The molecule has 2 aromatic carbocycles. The van der Waals surface area contributed by atoms with Gasteiger partial charge in [0.1, 0.15) is 0 Å². The van der Waals surface area contributed by atoms with Crippen LogP contribution in [-0.4, -0.2) is 43.1 Å². The maximum atomic E-state index is 5.43. The SMILES string of the molecule is CCN1/C(=C/C(C)=C/c2[se]c3ccccc3[n+]2CC)[Se]c2ccc(OC)cc21. The third-order valence-corrected chi connectivity index (χ3v) is 9.58. The van der Waals surface area contributed by atoms with Gasteiger partial charge in [-0.2, -0.15) is 0 Å². The van der Waals surface area contributed by atoms with E-state index in [0.717, 1.165) is 18.8 Å². The molecule has 0 aliphatic carbocycles. The average Bonchev–Trinajstić information content (AvgIpc) is 3.23. The molecular formula is C23H25N2OSe2+. The number of allylic oxidation sites excluding steroid dienone is 2. The Morgan fingerprint density at radius 1 is 1.18 bits per heavy atom. The van der Waals surface area contributed by atoms with Crippen LogP contribution < -0.4 is 18.7 Å². The van der Waals surface area contributed by atoms with Gasteiger partial charge in [0.25, 0.3) is 0 Å². The molecule has 4 rings (SSSR count). The Morgan fingerprint density at radius 3 is 2.75 bits per heavy atom. The molecule has 5 heteroatoms. The monoisotopic (exact) mass is 505 g/mol. The summed E-state index contributed by atoms with van der Waals surface area (Å²) in [6, 6.07) is 15.3. The van der Waals surface area contributed by atoms with Crippen LogP contribution in [0.15, 0.2) is 58.7 Å². The molecular weight excluding hydrogens is 478 g/mol. The number of benzene rings is 2. The Morgan fingerprint density at radius 2 is 2.00 bits per heavy atom. The van der Waals surface area contributed by atoms with Crippen molar-refractivity contribution in [3.63, 3.8) is 0 Å². The Balaban J connectivity index is 1.69. The summed E-state index contributed by atoms with van der Waals surface area (Å²) in [5, 5.41) is 0. The van der Waals surface area contributed by atoms with E-state index in [1.54, 1.807) is 7.11 Å². The zero-order chi connectivity index (χ0) is 19.7. The summed E-state index contributed by atoms with van der Waals surface area (Å²) in [5.41, 5.74) is 4.02. The van der Waals surface area contributed by atoms with Crippen LogP contribution in [-0.2, 0) is 6.54 Å². The summed E-state index contributed by atoms with van der Waals surface area (Å²) in [4.78, 5) is 2.44. The fourth-order valence-electron chi connectivity index (χ4n) is 3.56. The van der Waals surface area contributed by atoms with Crippen LogP contribution in [0.2, 0.25) is 0 Å². The molecule has 0 bridgehead atoms. The van der Waals surface area contributed by atoms with Crippen molar-refractivity contribution < 1.29 is 9.30 Å². The van der Waals surface area contributed by atoms with Crippen molar-refractivity contribution in [2.24, 2.45) is 0 Å². The molecule has 3 nitrogen and oxygen atoms in total. The van der Waals surface area contributed by atoms with E-state index < -0.39 is 0 Å². The number of rotatable bonds is 5. The topological polar surface area (TPSA) is 16.4 Å². The van der Waals surface area contributed by atoms with E-state index in [1.807, 2.05) is 0 Å². The Kier molecular flexibility index (Phi) is 5.80. The number of aromatic nitrogens is 1.